The molecule has 3 atom stereocenters. The molecule has 0 bridgehead atoms. The van der Waals surface area contributed by atoms with Crippen molar-refractivity contribution in [1.82, 2.24) is 5.32 Å². The van der Waals surface area contributed by atoms with Crippen LogP contribution in [0.3, 0.4) is 0 Å². The van der Waals surface area contributed by atoms with Gasteiger partial charge in [0, 0.05) is 17.5 Å². The Labute approximate surface area is 294 Å². The molecule has 254 valence electrons. The average molecular weight is 665 g/mol. The molecule has 5 aromatic carbocycles. The van der Waals surface area contributed by atoms with E-state index in [1.807, 2.05) is 85.8 Å². The van der Waals surface area contributed by atoms with Gasteiger partial charge in [-0.05, 0) is 82.6 Å². The Hall–Kier alpha value is -5.43. The highest BCUT2D eigenvalue weighted by Gasteiger charge is 2.40. The Balaban J connectivity index is 1.25. The van der Waals surface area contributed by atoms with E-state index in [9.17, 15) is 14.4 Å². The molecule has 0 spiro atoms. The van der Waals surface area contributed by atoms with Gasteiger partial charge in [0.2, 0.25) is 11.8 Å². The molecule has 50 heavy (non-hydrogen) atoms. The smallest absolute Gasteiger partial charge is 0.251 e. The number of hydrogen-bond donors (Lipinski definition) is 2. The third-order valence-electron chi connectivity index (χ3n) is 10.2. The van der Waals surface area contributed by atoms with Crippen molar-refractivity contribution in [2.45, 2.75) is 51.6 Å². The number of primary amides is 1. The molecule has 1 fully saturated rings. The summed E-state index contributed by atoms with van der Waals surface area (Å²) in [4.78, 5) is 45.6. The van der Waals surface area contributed by atoms with E-state index in [1.54, 1.807) is 4.90 Å². The number of hydrogen-bond acceptors (Lipinski definition) is 4. The van der Waals surface area contributed by atoms with Gasteiger partial charge >= 0.3 is 0 Å². The quantitative estimate of drug-likeness (QED) is 0.141. The van der Waals surface area contributed by atoms with Crippen molar-refractivity contribution in [2.75, 3.05) is 16.3 Å². The Morgan fingerprint density at radius 3 is 2.22 bits per heavy atom. The number of amides is 3. The van der Waals surface area contributed by atoms with Crippen molar-refractivity contribution in [3.8, 4) is 11.1 Å². The van der Waals surface area contributed by atoms with Gasteiger partial charge in [-0.3, -0.25) is 14.4 Å². The standard InChI is InChI=1S/C43H44N4O3/c1-2-11-36(41(44)48)37(25-29-20-21-29)42(49)45-38-28-46(35-16-4-3-5-17-35)39-18-8-9-19-40(39)47(43(38)50)27-30-12-10-15-32(24-30)34-23-22-31-13-6-7-14-33(31)26-34/h3-10,12-19,22-24,26,29,36-38H,2,11,20-21,25,27-28H2,1H3,(H2,44,48)(H,45,49)/t36-,37+,38?/m0/s1. The Morgan fingerprint density at radius 1 is 0.780 bits per heavy atom. The van der Waals surface area contributed by atoms with E-state index in [-0.39, 0.29) is 18.4 Å². The summed E-state index contributed by atoms with van der Waals surface area (Å²) in [7, 11) is 0. The van der Waals surface area contributed by atoms with Crippen LogP contribution in [-0.2, 0) is 20.9 Å². The molecule has 2 aliphatic rings. The van der Waals surface area contributed by atoms with Gasteiger partial charge in [0.05, 0.1) is 24.5 Å². The van der Waals surface area contributed by atoms with Gasteiger partial charge in [0.15, 0.2) is 0 Å². The fraction of sp³-hybridized carbons (Fsp3) is 0.279. The molecular weight excluding hydrogens is 620 g/mol. The first-order chi connectivity index (χ1) is 24.4. The van der Waals surface area contributed by atoms with E-state index < -0.39 is 23.8 Å². The Kier molecular flexibility index (Phi) is 9.65. The monoisotopic (exact) mass is 664 g/mol. The highest BCUT2D eigenvalue weighted by molar-refractivity contribution is 6.04. The molecule has 3 N–H and O–H groups in total. The molecule has 1 heterocycles. The fourth-order valence-corrected chi connectivity index (χ4v) is 7.41. The summed E-state index contributed by atoms with van der Waals surface area (Å²) in [6, 6.07) is 40.1. The molecule has 7 heteroatoms. The first-order valence-electron chi connectivity index (χ1n) is 17.8. The minimum atomic E-state index is -0.865. The molecule has 5 aromatic rings. The second kappa shape index (κ2) is 14.6. The molecule has 0 radical (unpaired) electrons. The lowest BCUT2D eigenvalue weighted by molar-refractivity contribution is -0.135. The Morgan fingerprint density at radius 2 is 1.48 bits per heavy atom. The highest BCUT2D eigenvalue weighted by atomic mass is 16.2. The number of para-hydroxylation sites is 3. The fourth-order valence-electron chi connectivity index (χ4n) is 7.41. The summed E-state index contributed by atoms with van der Waals surface area (Å²) in [5, 5.41) is 5.52. The maximum Gasteiger partial charge on any atom is 0.251 e. The maximum absolute atomic E-state index is 14.8. The second-order valence-electron chi connectivity index (χ2n) is 13.8. The number of nitrogens with one attached hydrogen (secondary N) is 1. The first kappa shape index (κ1) is 33.1. The van der Waals surface area contributed by atoms with Gasteiger partial charge in [-0.1, -0.05) is 111 Å². The molecule has 7 nitrogen and oxygen atoms in total. The number of anilines is 3. The van der Waals surface area contributed by atoms with Crippen molar-refractivity contribution in [2.24, 2.45) is 23.5 Å². The number of carbonyl (C=O) groups excluding carboxylic acids is 3. The van der Waals surface area contributed by atoms with E-state index in [4.69, 9.17) is 5.73 Å². The zero-order chi connectivity index (χ0) is 34.6. The van der Waals surface area contributed by atoms with Crippen molar-refractivity contribution in [3.63, 3.8) is 0 Å². The average Bonchev–Trinajstić information content (AvgIpc) is 3.98. The molecule has 1 saturated carbocycles. The van der Waals surface area contributed by atoms with Gasteiger partial charge in [-0.2, -0.15) is 0 Å². The van der Waals surface area contributed by atoms with Crippen LogP contribution < -0.4 is 20.9 Å². The van der Waals surface area contributed by atoms with Crippen molar-refractivity contribution in [3.05, 3.63) is 127 Å². The van der Waals surface area contributed by atoms with Gasteiger partial charge in [-0.25, -0.2) is 0 Å². The van der Waals surface area contributed by atoms with Crippen LogP contribution in [0.4, 0.5) is 17.1 Å². The van der Waals surface area contributed by atoms with Gasteiger partial charge in [0.1, 0.15) is 6.04 Å². The van der Waals surface area contributed by atoms with E-state index in [1.165, 1.54) is 10.8 Å². The number of fused-ring (bicyclic) bond motifs is 2. The first-order valence-corrected chi connectivity index (χ1v) is 17.8. The number of carbonyl (C=O) groups is 3. The topological polar surface area (TPSA) is 95.7 Å². The van der Waals surface area contributed by atoms with Crippen LogP contribution in [0.1, 0.15) is 44.6 Å². The highest BCUT2D eigenvalue weighted by Crippen LogP contribution is 2.40. The lowest BCUT2D eigenvalue weighted by Crippen LogP contribution is -2.54. The van der Waals surface area contributed by atoms with Gasteiger partial charge < -0.3 is 20.9 Å². The van der Waals surface area contributed by atoms with Crippen LogP contribution in [0.2, 0.25) is 0 Å². The van der Waals surface area contributed by atoms with Gasteiger partial charge in [0.25, 0.3) is 5.91 Å². The summed E-state index contributed by atoms with van der Waals surface area (Å²) in [6.07, 6.45) is 3.99. The molecule has 0 aromatic heterocycles. The molecule has 1 aliphatic carbocycles. The van der Waals surface area contributed by atoms with Crippen LogP contribution in [0.25, 0.3) is 21.9 Å². The van der Waals surface area contributed by atoms with Crippen LogP contribution >= 0.6 is 0 Å². The zero-order valence-corrected chi connectivity index (χ0v) is 28.5. The third-order valence-corrected chi connectivity index (χ3v) is 10.2. The number of benzene rings is 5. The Bertz CT molecular complexity index is 2010. The second-order valence-corrected chi connectivity index (χ2v) is 13.8. The lowest BCUT2D eigenvalue weighted by Gasteiger charge is -2.29. The van der Waals surface area contributed by atoms with Crippen LogP contribution in [0.5, 0.6) is 0 Å². The molecule has 0 saturated heterocycles. The molecule has 1 aliphatic heterocycles. The van der Waals surface area contributed by atoms with E-state index >= 15 is 0 Å². The van der Waals surface area contributed by atoms with Crippen LogP contribution in [0.15, 0.2) is 121 Å². The van der Waals surface area contributed by atoms with Crippen molar-refractivity contribution in [1.29, 1.82) is 0 Å². The summed E-state index contributed by atoms with van der Waals surface area (Å²) >= 11 is 0. The predicted molar refractivity (Wildman–Crippen MR) is 201 cm³/mol. The van der Waals surface area contributed by atoms with Crippen molar-refractivity contribution < 1.29 is 14.4 Å². The summed E-state index contributed by atoms with van der Waals surface area (Å²) in [6.45, 7) is 2.56. The summed E-state index contributed by atoms with van der Waals surface area (Å²) < 4.78 is 0. The predicted octanol–water partition coefficient (Wildman–Crippen LogP) is 7.99. The SMILES string of the molecule is CCC[C@H](C(N)=O)[C@@H](CC1CC1)C(=O)NC1CN(c2ccccc2)c2ccccc2N(Cc2cccc(-c3ccc4ccccc4c3)c2)C1=O. The summed E-state index contributed by atoms with van der Waals surface area (Å²) in [5.41, 5.74) is 11.6. The lowest BCUT2D eigenvalue weighted by atomic mass is 9.83. The number of nitrogens with zero attached hydrogens (tertiary/aromatic N) is 2. The molecule has 1 unspecified atom stereocenters. The van der Waals surface area contributed by atoms with Crippen molar-refractivity contribution >= 4 is 45.6 Å². The van der Waals surface area contributed by atoms with Gasteiger partial charge in [-0.15, -0.1) is 0 Å². The third kappa shape index (κ3) is 7.13. The van der Waals surface area contributed by atoms with Crippen LogP contribution in [-0.4, -0.2) is 30.3 Å². The normalized spacial score (nSPS) is 17.1. The minimum Gasteiger partial charge on any atom is -0.369 e. The molecular formula is C43H44N4O3. The maximum atomic E-state index is 14.8. The van der Waals surface area contributed by atoms with Crippen LogP contribution in [0, 0.1) is 17.8 Å². The number of rotatable bonds is 12. The molecule has 7 rings (SSSR count). The largest absolute Gasteiger partial charge is 0.369 e. The van der Waals surface area contributed by atoms with E-state index in [0.29, 0.717) is 25.3 Å². The van der Waals surface area contributed by atoms with E-state index in [2.05, 4.69) is 52.7 Å². The number of nitrogens with two attached hydrogens (primary N) is 1. The molecule has 3 amide bonds. The summed E-state index contributed by atoms with van der Waals surface area (Å²) in [5.74, 6) is -1.66. The van der Waals surface area contributed by atoms with E-state index in [0.717, 1.165) is 53.0 Å². The minimum absolute atomic E-state index is 0.198. The zero-order valence-electron chi connectivity index (χ0n) is 28.5.